The van der Waals surface area contributed by atoms with Crippen molar-refractivity contribution in [2.24, 2.45) is 0 Å². The average molecular weight is 369 g/mol. The number of hydrogen-bond donors (Lipinski definition) is 1. The maximum Gasteiger partial charge on any atom is 0.331 e. The van der Waals surface area contributed by atoms with E-state index in [1.54, 1.807) is 24.3 Å². The highest BCUT2D eigenvalue weighted by molar-refractivity contribution is 5.91. The summed E-state index contributed by atoms with van der Waals surface area (Å²) in [6.07, 6.45) is 1.53. The van der Waals surface area contributed by atoms with Gasteiger partial charge in [-0.2, -0.15) is 0 Å². The van der Waals surface area contributed by atoms with Gasteiger partial charge >= 0.3 is 5.69 Å². The number of benzene rings is 2. The maximum absolute atomic E-state index is 13.0. The molecule has 27 heavy (non-hydrogen) atoms. The van der Waals surface area contributed by atoms with Gasteiger partial charge in [-0.25, -0.2) is 9.18 Å². The first-order chi connectivity index (χ1) is 13.0. The van der Waals surface area contributed by atoms with Crippen LogP contribution in [-0.4, -0.2) is 15.0 Å². The normalized spacial score (nSPS) is 10.9. The van der Waals surface area contributed by atoms with Gasteiger partial charge in [-0.15, -0.1) is 0 Å². The van der Waals surface area contributed by atoms with Gasteiger partial charge < -0.3 is 5.32 Å². The third kappa shape index (κ3) is 3.97. The molecule has 140 valence electrons. The van der Waals surface area contributed by atoms with Gasteiger partial charge in [-0.1, -0.05) is 25.5 Å². The third-order valence-corrected chi connectivity index (χ3v) is 4.30. The van der Waals surface area contributed by atoms with Crippen LogP contribution in [-0.2, 0) is 17.9 Å². The van der Waals surface area contributed by atoms with Crippen LogP contribution in [0.3, 0.4) is 0 Å². The zero-order valence-electron chi connectivity index (χ0n) is 14.9. The van der Waals surface area contributed by atoms with Crippen LogP contribution in [0.15, 0.2) is 58.1 Å². The largest absolute Gasteiger partial charge is 0.331 e. The summed E-state index contributed by atoms with van der Waals surface area (Å²) >= 11 is 0. The van der Waals surface area contributed by atoms with E-state index >= 15 is 0 Å². The van der Waals surface area contributed by atoms with E-state index in [0.717, 1.165) is 6.42 Å². The van der Waals surface area contributed by atoms with Gasteiger partial charge in [0.2, 0.25) is 5.91 Å². The van der Waals surface area contributed by atoms with Crippen LogP contribution in [0.1, 0.15) is 19.8 Å². The van der Waals surface area contributed by atoms with Gasteiger partial charge in [-0.3, -0.25) is 18.7 Å². The van der Waals surface area contributed by atoms with Gasteiger partial charge in [0.05, 0.1) is 10.9 Å². The number of halogens is 1. The molecule has 1 heterocycles. The van der Waals surface area contributed by atoms with Crippen LogP contribution < -0.4 is 16.6 Å². The molecule has 3 aromatic rings. The van der Waals surface area contributed by atoms with Crippen LogP contribution in [0.2, 0.25) is 0 Å². The number of fused-ring (bicyclic) bond motifs is 1. The van der Waals surface area contributed by atoms with E-state index in [4.69, 9.17) is 0 Å². The smallest absolute Gasteiger partial charge is 0.325 e. The molecule has 0 atom stereocenters. The number of anilines is 1. The van der Waals surface area contributed by atoms with Crippen molar-refractivity contribution in [2.45, 2.75) is 32.9 Å². The molecule has 6 nitrogen and oxygen atoms in total. The SMILES string of the molecule is CCCCn1c(=O)c2ccccc2n(CC(=O)Nc2ccc(F)cc2)c1=O. The molecule has 0 aliphatic heterocycles. The Hall–Kier alpha value is -3.22. The summed E-state index contributed by atoms with van der Waals surface area (Å²) in [5, 5.41) is 3.03. The van der Waals surface area contributed by atoms with Crippen molar-refractivity contribution in [2.75, 3.05) is 5.32 Å². The van der Waals surface area contributed by atoms with Crippen LogP contribution in [0.25, 0.3) is 10.9 Å². The van der Waals surface area contributed by atoms with E-state index in [2.05, 4.69) is 5.32 Å². The fourth-order valence-electron chi connectivity index (χ4n) is 2.91. The molecular weight excluding hydrogens is 349 g/mol. The number of hydrogen-bond acceptors (Lipinski definition) is 3. The lowest BCUT2D eigenvalue weighted by molar-refractivity contribution is -0.116. The first-order valence-corrected chi connectivity index (χ1v) is 8.79. The molecule has 0 spiro atoms. The van der Waals surface area contributed by atoms with E-state index in [1.807, 2.05) is 6.92 Å². The molecule has 0 bridgehead atoms. The number of amides is 1. The molecule has 0 saturated carbocycles. The second-order valence-electron chi connectivity index (χ2n) is 6.25. The number of unbranched alkanes of at least 4 members (excludes halogenated alkanes) is 1. The molecule has 0 aliphatic carbocycles. The Morgan fingerprint density at radius 3 is 2.44 bits per heavy atom. The van der Waals surface area contributed by atoms with Crippen LogP contribution in [0.5, 0.6) is 0 Å². The Morgan fingerprint density at radius 1 is 1.04 bits per heavy atom. The molecular formula is C20H20FN3O3. The van der Waals surface area contributed by atoms with Crippen molar-refractivity contribution in [3.63, 3.8) is 0 Å². The minimum atomic E-state index is -0.513. The Labute approximate surface area is 154 Å². The highest BCUT2D eigenvalue weighted by Crippen LogP contribution is 2.10. The Kier molecular flexibility index (Phi) is 5.49. The second kappa shape index (κ2) is 7.99. The average Bonchev–Trinajstić information content (AvgIpc) is 2.67. The monoisotopic (exact) mass is 369 g/mol. The van der Waals surface area contributed by atoms with Crippen molar-refractivity contribution in [3.8, 4) is 0 Å². The van der Waals surface area contributed by atoms with Crippen molar-refractivity contribution < 1.29 is 9.18 Å². The zero-order valence-corrected chi connectivity index (χ0v) is 14.9. The minimum absolute atomic E-state index is 0.247. The second-order valence-corrected chi connectivity index (χ2v) is 6.25. The number of nitrogens with one attached hydrogen (secondary N) is 1. The summed E-state index contributed by atoms with van der Waals surface area (Å²) in [5.41, 5.74) is -0.0202. The number of nitrogens with zero attached hydrogens (tertiary/aromatic N) is 2. The van der Waals surface area contributed by atoms with Crippen LogP contribution in [0, 0.1) is 5.82 Å². The number of carbonyl (C=O) groups is 1. The summed E-state index contributed by atoms with van der Waals surface area (Å²) in [5.74, 6) is -0.840. The summed E-state index contributed by atoms with van der Waals surface area (Å²) in [4.78, 5) is 37.9. The van der Waals surface area contributed by atoms with Crippen LogP contribution in [0.4, 0.5) is 10.1 Å². The molecule has 0 unspecified atom stereocenters. The van der Waals surface area contributed by atoms with E-state index in [-0.39, 0.29) is 12.1 Å². The number of rotatable bonds is 6. The first-order valence-electron chi connectivity index (χ1n) is 8.79. The molecule has 2 aromatic carbocycles. The predicted octanol–water partition coefficient (Wildman–Crippen LogP) is 2.74. The van der Waals surface area contributed by atoms with Gasteiger partial charge in [-0.05, 0) is 42.8 Å². The maximum atomic E-state index is 13.0. The first kappa shape index (κ1) is 18.6. The number of para-hydroxylation sites is 1. The van der Waals surface area contributed by atoms with Gasteiger partial charge in [0.15, 0.2) is 0 Å². The van der Waals surface area contributed by atoms with Gasteiger partial charge in [0, 0.05) is 12.2 Å². The molecule has 1 amide bonds. The fraction of sp³-hybridized carbons (Fsp3) is 0.250. The fourth-order valence-corrected chi connectivity index (χ4v) is 2.91. The highest BCUT2D eigenvalue weighted by atomic mass is 19.1. The quantitative estimate of drug-likeness (QED) is 0.726. The molecule has 3 rings (SSSR count). The Balaban J connectivity index is 1.99. The molecule has 1 N–H and O–H groups in total. The molecule has 0 radical (unpaired) electrons. The van der Waals surface area contributed by atoms with Crippen molar-refractivity contribution in [1.29, 1.82) is 0 Å². The topological polar surface area (TPSA) is 73.1 Å². The lowest BCUT2D eigenvalue weighted by Gasteiger charge is -2.14. The number of aromatic nitrogens is 2. The molecule has 1 aromatic heterocycles. The summed E-state index contributed by atoms with van der Waals surface area (Å²) in [7, 11) is 0. The van der Waals surface area contributed by atoms with E-state index < -0.39 is 17.4 Å². The van der Waals surface area contributed by atoms with Crippen molar-refractivity contribution in [3.05, 3.63) is 75.2 Å². The molecule has 7 heteroatoms. The number of carbonyl (C=O) groups excluding carboxylic acids is 1. The van der Waals surface area contributed by atoms with E-state index in [1.165, 1.54) is 33.4 Å². The standard InChI is InChI=1S/C20H20FN3O3/c1-2-3-12-23-19(26)16-6-4-5-7-17(16)24(20(23)27)13-18(25)22-15-10-8-14(21)9-11-15/h4-11H,2-3,12-13H2,1H3,(H,22,25). The van der Waals surface area contributed by atoms with Crippen molar-refractivity contribution in [1.82, 2.24) is 9.13 Å². The summed E-state index contributed by atoms with van der Waals surface area (Å²) in [6.45, 7) is 2.03. The van der Waals surface area contributed by atoms with Crippen LogP contribution >= 0.6 is 0 Å². The Bertz CT molecular complexity index is 1080. The highest BCUT2D eigenvalue weighted by Gasteiger charge is 2.15. The lowest BCUT2D eigenvalue weighted by Crippen LogP contribution is -2.41. The molecule has 0 aliphatic rings. The molecule has 0 fully saturated rings. The van der Waals surface area contributed by atoms with E-state index in [9.17, 15) is 18.8 Å². The van der Waals surface area contributed by atoms with Crippen molar-refractivity contribution >= 4 is 22.5 Å². The predicted molar refractivity (Wildman–Crippen MR) is 102 cm³/mol. The molecule has 0 saturated heterocycles. The van der Waals surface area contributed by atoms with Gasteiger partial charge in [0.1, 0.15) is 12.4 Å². The minimum Gasteiger partial charge on any atom is -0.325 e. The summed E-state index contributed by atoms with van der Waals surface area (Å²) in [6, 6.07) is 12.1. The third-order valence-electron chi connectivity index (χ3n) is 4.30. The lowest BCUT2D eigenvalue weighted by atomic mass is 10.2. The summed E-state index contributed by atoms with van der Waals surface area (Å²) < 4.78 is 15.5. The van der Waals surface area contributed by atoms with E-state index in [0.29, 0.717) is 29.6 Å². The Morgan fingerprint density at radius 2 is 1.74 bits per heavy atom. The van der Waals surface area contributed by atoms with Gasteiger partial charge in [0.25, 0.3) is 5.56 Å². The zero-order chi connectivity index (χ0) is 19.4.